The summed E-state index contributed by atoms with van der Waals surface area (Å²) in [6.45, 7) is 1.83. The Kier molecular flexibility index (Phi) is 17.7. The van der Waals surface area contributed by atoms with Crippen LogP contribution in [0.3, 0.4) is 0 Å². The fourth-order valence-electron chi connectivity index (χ4n) is 0.397. The molecule has 0 saturated heterocycles. The molecule has 1 atom stereocenters. The Hall–Kier alpha value is 1.21. The van der Waals surface area contributed by atoms with Gasteiger partial charge >= 0.3 is 60.8 Å². The maximum atomic E-state index is 9.84. The Morgan fingerprint density at radius 1 is 1.70 bits per heavy atom. The molecule has 0 aliphatic carbocycles. The van der Waals surface area contributed by atoms with Crippen molar-refractivity contribution in [2.75, 3.05) is 0 Å². The second-order valence-corrected chi connectivity index (χ2v) is 1.64. The first-order valence-electron chi connectivity index (χ1n) is 2.59. The molecule has 0 saturated carbocycles. The summed E-state index contributed by atoms with van der Waals surface area (Å²) in [6, 6.07) is 0. The zero-order chi connectivity index (χ0) is 6.57. The van der Waals surface area contributed by atoms with Gasteiger partial charge in [-0.25, -0.2) is 4.79 Å². The van der Waals surface area contributed by atoms with Crippen molar-refractivity contribution in [2.45, 2.75) is 25.9 Å². The van der Waals surface area contributed by atoms with Gasteiger partial charge in [0.1, 0.15) is 0 Å². The third-order valence-electron chi connectivity index (χ3n) is 0.847. The minimum absolute atomic E-state index is 0. The van der Waals surface area contributed by atoms with E-state index in [-0.39, 0.29) is 57.7 Å². The van der Waals surface area contributed by atoms with Crippen molar-refractivity contribution in [3.63, 3.8) is 0 Å². The fourth-order valence-corrected chi connectivity index (χ4v) is 0.397. The first kappa shape index (κ1) is 17.3. The minimum atomic E-state index is -1.17. The van der Waals surface area contributed by atoms with E-state index >= 15 is 0 Å². The number of carbonyl (C=O) groups is 1. The van der Waals surface area contributed by atoms with Crippen LogP contribution < -0.4 is 0 Å². The number of aliphatic hydroxyl groups excluding tert-OH is 1. The fraction of sp³-hybridized carbons (Fsp3) is 0.800. The van der Waals surface area contributed by atoms with Crippen LogP contribution in [0.1, 0.15) is 22.6 Å². The van der Waals surface area contributed by atoms with Gasteiger partial charge < -0.3 is 13.1 Å². The summed E-state index contributed by atoms with van der Waals surface area (Å²) in [5, 5.41) is 16.6. The Bertz CT molecular complexity index is 96.8. The van der Waals surface area contributed by atoms with E-state index in [2.05, 4.69) is 0 Å². The Balaban J connectivity index is -0.0000000408. The summed E-state index contributed by atoms with van der Waals surface area (Å²) in [7, 11) is 0. The molecular formula is C5H14CaO3Se. The van der Waals surface area contributed by atoms with Crippen molar-refractivity contribution in [2.24, 2.45) is 0 Å². The van der Waals surface area contributed by atoms with E-state index < -0.39 is 12.1 Å². The van der Waals surface area contributed by atoms with Crippen LogP contribution in [0.15, 0.2) is 0 Å². The SMILES string of the molecule is CCC[C@H](O)C(=O)O.[Ca+2].[H-].[H-].[SeH2]. The van der Waals surface area contributed by atoms with Gasteiger partial charge in [0, 0.05) is 0 Å². The van der Waals surface area contributed by atoms with Crippen molar-refractivity contribution < 1.29 is 17.9 Å². The number of hydrogen-bond acceptors (Lipinski definition) is 2. The molecule has 0 fully saturated rings. The number of hydrogen-bond donors (Lipinski definition) is 2. The predicted octanol–water partition coefficient (Wildman–Crippen LogP) is -0.840. The monoisotopic (exact) mass is 242 g/mol. The van der Waals surface area contributed by atoms with Crippen LogP contribution in [0.2, 0.25) is 0 Å². The van der Waals surface area contributed by atoms with Gasteiger partial charge in [-0.15, -0.1) is 0 Å². The molecule has 60 valence electrons. The molecule has 0 aliphatic rings. The Labute approximate surface area is 104 Å². The summed E-state index contributed by atoms with van der Waals surface area (Å²) in [5.74, 6) is -1.13. The molecule has 0 bridgehead atoms. The molecule has 3 nitrogen and oxygen atoms in total. The van der Waals surface area contributed by atoms with E-state index in [1.807, 2.05) is 6.92 Å². The number of rotatable bonds is 3. The first-order valence-corrected chi connectivity index (χ1v) is 2.59. The third-order valence-corrected chi connectivity index (χ3v) is 0.847. The van der Waals surface area contributed by atoms with Crippen LogP contribution in [0.25, 0.3) is 0 Å². The summed E-state index contributed by atoms with van der Waals surface area (Å²) in [4.78, 5) is 9.84. The molecule has 0 aliphatic heterocycles. The van der Waals surface area contributed by atoms with E-state index in [4.69, 9.17) is 10.2 Å². The van der Waals surface area contributed by atoms with Crippen molar-refractivity contribution >= 4 is 60.8 Å². The van der Waals surface area contributed by atoms with Gasteiger partial charge in [0.05, 0.1) is 0 Å². The van der Waals surface area contributed by atoms with E-state index in [0.717, 1.165) is 0 Å². The van der Waals surface area contributed by atoms with Crippen LogP contribution in [-0.2, 0) is 4.79 Å². The molecule has 10 heavy (non-hydrogen) atoms. The molecule has 0 spiro atoms. The van der Waals surface area contributed by atoms with Gasteiger partial charge in [-0.2, -0.15) is 0 Å². The topological polar surface area (TPSA) is 57.5 Å². The standard InChI is InChI=1S/C5H10O3.Ca.H2Se.2H/c1-2-3-4(6)5(7)8;;;;/h4,6H,2-3H2,1H3,(H,7,8);;1H2;;/q;+2;;2*-1/t4-;;;;/m0..../s1. The molecule has 0 heterocycles. The van der Waals surface area contributed by atoms with Gasteiger partial charge in [0.2, 0.25) is 0 Å². The molecule has 0 aromatic carbocycles. The van der Waals surface area contributed by atoms with Crippen molar-refractivity contribution in [3.05, 3.63) is 0 Å². The second kappa shape index (κ2) is 10.2. The molecular weight excluding hydrogens is 227 g/mol. The molecule has 5 heteroatoms. The Morgan fingerprint density at radius 2 is 2.10 bits per heavy atom. The van der Waals surface area contributed by atoms with Crippen molar-refractivity contribution in [3.8, 4) is 0 Å². The molecule has 0 radical (unpaired) electrons. The average Bonchev–Trinajstić information content (AvgIpc) is 1.67. The maximum absolute atomic E-state index is 9.84. The van der Waals surface area contributed by atoms with Gasteiger partial charge in [-0.05, 0) is 6.42 Å². The summed E-state index contributed by atoms with van der Waals surface area (Å²) in [6.07, 6.45) is -0.122. The van der Waals surface area contributed by atoms with Crippen LogP contribution in [0.5, 0.6) is 0 Å². The van der Waals surface area contributed by atoms with Crippen LogP contribution in [0, 0.1) is 0 Å². The first-order chi connectivity index (χ1) is 3.68. The van der Waals surface area contributed by atoms with Gasteiger partial charge in [0.25, 0.3) is 0 Å². The molecule has 0 rings (SSSR count). The van der Waals surface area contributed by atoms with Gasteiger partial charge in [0.15, 0.2) is 6.10 Å². The molecule has 0 amide bonds. The number of aliphatic hydroxyl groups is 1. The third kappa shape index (κ3) is 9.21. The van der Waals surface area contributed by atoms with E-state index in [1.165, 1.54) is 0 Å². The zero-order valence-corrected chi connectivity index (χ0v) is 10.3. The molecule has 0 aromatic heterocycles. The van der Waals surface area contributed by atoms with Gasteiger partial charge in [-0.3, -0.25) is 0 Å². The van der Waals surface area contributed by atoms with E-state index in [9.17, 15) is 4.79 Å². The summed E-state index contributed by atoms with van der Waals surface area (Å²) >= 11 is 0. The average molecular weight is 241 g/mol. The zero-order valence-electron chi connectivity index (χ0n) is 8.00. The normalized spacial score (nSPS) is 10.6. The quantitative estimate of drug-likeness (QED) is 0.633. The summed E-state index contributed by atoms with van der Waals surface area (Å²) < 4.78 is 0. The van der Waals surface area contributed by atoms with Crippen LogP contribution >= 0.6 is 0 Å². The van der Waals surface area contributed by atoms with Crippen LogP contribution in [0.4, 0.5) is 0 Å². The van der Waals surface area contributed by atoms with Gasteiger partial charge in [-0.1, -0.05) is 13.3 Å². The molecule has 2 N–H and O–H groups in total. The number of carboxylic acids is 1. The Morgan fingerprint density at radius 3 is 2.20 bits per heavy atom. The molecule has 0 aromatic rings. The predicted molar refractivity (Wildman–Crippen MR) is 45.1 cm³/mol. The van der Waals surface area contributed by atoms with Crippen molar-refractivity contribution in [1.82, 2.24) is 0 Å². The van der Waals surface area contributed by atoms with E-state index in [0.29, 0.717) is 12.8 Å². The summed E-state index contributed by atoms with van der Waals surface area (Å²) in [5.41, 5.74) is 0. The van der Waals surface area contributed by atoms with Crippen LogP contribution in [-0.4, -0.2) is 77.1 Å². The van der Waals surface area contributed by atoms with E-state index in [1.54, 1.807) is 0 Å². The van der Waals surface area contributed by atoms with Crippen molar-refractivity contribution in [1.29, 1.82) is 0 Å². The second-order valence-electron chi connectivity index (χ2n) is 1.64. The molecule has 0 unspecified atom stereocenters. The number of carboxylic acid groups (broad SMARTS) is 1. The number of aliphatic carboxylic acids is 1.